The molecule has 0 atom stereocenters. The maximum atomic E-state index is 5.93. The van der Waals surface area contributed by atoms with E-state index in [0.29, 0.717) is 5.92 Å². The number of hydrogen-bond acceptors (Lipinski definition) is 6. The van der Waals surface area contributed by atoms with Crippen molar-refractivity contribution in [3.05, 3.63) is 5.56 Å². The van der Waals surface area contributed by atoms with Gasteiger partial charge in [-0.15, -0.1) is 0 Å². The summed E-state index contributed by atoms with van der Waals surface area (Å²) in [7, 11) is 0. The molecule has 2 heterocycles. The van der Waals surface area contributed by atoms with E-state index in [1.165, 1.54) is 34.9 Å². The minimum Gasteiger partial charge on any atom is -0.383 e. The van der Waals surface area contributed by atoms with Gasteiger partial charge in [0.15, 0.2) is 0 Å². The van der Waals surface area contributed by atoms with Gasteiger partial charge in [-0.3, -0.25) is 4.90 Å². The lowest BCUT2D eigenvalue weighted by Crippen LogP contribution is -2.39. The molecule has 2 fully saturated rings. The van der Waals surface area contributed by atoms with Crippen LogP contribution >= 0.6 is 11.5 Å². The minimum atomic E-state index is 0.662. The molecular formula is C12H20N4OS. The standard InChI is InChI=1S/C12H20N4OS/c13-11-10(9-1-2-9)12(18-15-11)14-3-4-16-5-7-17-8-6-16/h9,14H,1-8H2,(H2,13,15). The first kappa shape index (κ1) is 12.2. The Labute approximate surface area is 111 Å². The largest absolute Gasteiger partial charge is 0.383 e. The molecule has 1 aliphatic heterocycles. The molecular weight excluding hydrogens is 248 g/mol. The zero-order chi connectivity index (χ0) is 12.4. The van der Waals surface area contributed by atoms with Gasteiger partial charge >= 0.3 is 0 Å². The first-order valence-electron chi connectivity index (χ1n) is 6.63. The summed E-state index contributed by atoms with van der Waals surface area (Å²) in [5.41, 5.74) is 7.19. The summed E-state index contributed by atoms with van der Waals surface area (Å²) in [6, 6.07) is 0. The number of ether oxygens (including phenoxy) is 1. The quantitative estimate of drug-likeness (QED) is 0.844. The second-order valence-corrected chi connectivity index (χ2v) is 5.74. The first-order chi connectivity index (χ1) is 8.84. The molecule has 1 aromatic rings. The zero-order valence-corrected chi connectivity index (χ0v) is 11.3. The summed E-state index contributed by atoms with van der Waals surface area (Å²) >= 11 is 1.50. The zero-order valence-electron chi connectivity index (χ0n) is 10.5. The molecule has 1 saturated heterocycles. The van der Waals surface area contributed by atoms with Crippen molar-refractivity contribution in [1.29, 1.82) is 0 Å². The second-order valence-electron chi connectivity index (χ2n) is 4.97. The van der Waals surface area contributed by atoms with Crippen LogP contribution in [0.4, 0.5) is 10.8 Å². The highest BCUT2D eigenvalue weighted by Crippen LogP contribution is 2.47. The molecule has 0 radical (unpaired) electrons. The number of nitrogens with two attached hydrogens (primary N) is 1. The maximum Gasteiger partial charge on any atom is 0.142 e. The van der Waals surface area contributed by atoms with Crippen molar-refractivity contribution in [2.24, 2.45) is 0 Å². The molecule has 100 valence electrons. The Balaban J connectivity index is 1.50. The molecule has 5 nitrogen and oxygen atoms in total. The van der Waals surface area contributed by atoms with Crippen molar-refractivity contribution in [2.75, 3.05) is 50.4 Å². The Hall–Kier alpha value is -0.850. The lowest BCUT2D eigenvalue weighted by molar-refractivity contribution is 0.0398. The van der Waals surface area contributed by atoms with E-state index in [4.69, 9.17) is 10.5 Å². The van der Waals surface area contributed by atoms with E-state index >= 15 is 0 Å². The molecule has 2 aliphatic rings. The van der Waals surface area contributed by atoms with Crippen LogP contribution in [-0.4, -0.2) is 48.7 Å². The van der Waals surface area contributed by atoms with E-state index < -0.39 is 0 Å². The number of rotatable bonds is 5. The van der Waals surface area contributed by atoms with Crippen LogP contribution < -0.4 is 11.1 Å². The average molecular weight is 268 g/mol. The summed E-state index contributed by atoms with van der Waals surface area (Å²) in [5, 5.41) is 4.68. The molecule has 0 bridgehead atoms. The topological polar surface area (TPSA) is 63.4 Å². The number of hydrogen-bond donors (Lipinski definition) is 2. The van der Waals surface area contributed by atoms with E-state index in [-0.39, 0.29) is 0 Å². The molecule has 1 saturated carbocycles. The number of morpholine rings is 1. The Morgan fingerprint density at radius 2 is 2.17 bits per heavy atom. The van der Waals surface area contributed by atoms with E-state index in [2.05, 4.69) is 14.6 Å². The fourth-order valence-electron chi connectivity index (χ4n) is 2.36. The van der Waals surface area contributed by atoms with Crippen molar-refractivity contribution < 1.29 is 4.74 Å². The van der Waals surface area contributed by atoms with Gasteiger partial charge in [0.25, 0.3) is 0 Å². The average Bonchev–Trinajstić information content (AvgIpc) is 3.16. The minimum absolute atomic E-state index is 0.662. The lowest BCUT2D eigenvalue weighted by atomic mass is 10.2. The normalized spacial score (nSPS) is 21.1. The number of nitrogen functional groups attached to an aromatic ring is 1. The highest BCUT2D eigenvalue weighted by Gasteiger charge is 2.30. The molecule has 1 aliphatic carbocycles. The third kappa shape index (κ3) is 2.76. The molecule has 3 N–H and O–H groups in total. The first-order valence-corrected chi connectivity index (χ1v) is 7.41. The van der Waals surface area contributed by atoms with E-state index in [9.17, 15) is 0 Å². The van der Waals surface area contributed by atoms with Crippen LogP contribution in [0.15, 0.2) is 0 Å². The highest BCUT2D eigenvalue weighted by atomic mass is 32.1. The van der Waals surface area contributed by atoms with E-state index in [0.717, 1.165) is 45.2 Å². The fraction of sp³-hybridized carbons (Fsp3) is 0.750. The van der Waals surface area contributed by atoms with E-state index in [1.54, 1.807) is 0 Å². The number of aromatic nitrogens is 1. The SMILES string of the molecule is Nc1nsc(NCCN2CCOCC2)c1C1CC1. The van der Waals surface area contributed by atoms with Crippen molar-refractivity contribution >= 4 is 22.4 Å². The third-order valence-corrected chi connectivity index (χ3v) is 4.39. The van der Waals surface area contributed by atoms with Gasteiger partial charge in [-0.05, 0) is 30.3 Å². The van der Waals surface area contributed by atoms with Crippen molar-refractivity contribution in [3.63, 3.8) is 0 Å². The Morgan fingerprint density at radius 1 is 1.39 bits per heavy atom. The van der Waals surface area contributed by atoms with Crippen LogP contribution in [0.3, 0.4) is 0 Å². The smallest absolute Gasteiger partial charge is 0.142 e. The van der Waals surface area contributed by atoms with Crippen molar-refractivity contribution in [1.82, 2.24) is 9.27 Å². The number of nitrogens with one attached hydrogen (secondary N) is 1. The second kappa shape index (κ2) is 5.42. The lowest BCUT2D eigenvalue weighted by Gasteiger charge is -2.26. The molecule has 0 aromatic carbocycles. The van der Waals surface area contributed by atoms with Crippen LogP contribution in [-0.2, 0) is 4.74 Å². The molecule has 18 heavy (non-hydrogen) atoms. The molecule has 1 aromatic heterocycles. The van der Waals surface area contributed by atoms with Crippen LogP contribution in [0.5, 0.6) is 0 Å². The van der Waals surface area contributed by atoms with Crippen molar-refractivity contribution in [2.45, 2.75) is 18.8 Å². The van der Waals surface area contributed by atoms with Gasteiger partial charge in [0.05, 0.1) is 13.2 Å². The summed E-state index contributed by atoms with van der Waals surface area (Å²) < 4.78 is 9.61. The molecule has 0 unspecified atom stereocenters. The fourth-order valence-corrected chi connectivity index (χ4v) is 3.18. The molecule has 0 amide bonds. The summed E-state index contributed by atoms with van der Waals surface area (Å²) in [5.74, 6) is 1.39. The third-order valence-electron chi connectivity index (χ3n) is 3.56. The molecule has 3 rings (SSSR count). The Morgan fingerprint density at radius 3 is 2.89 bits per heavy atom. The highest BCUT2D eigenvalue weighted by molar-refractivity contribution is 7.10. The summed E-state index contributed by atoms with van der Waals surface area (Å²) in [6.45, 7) is 5.83. The van der Waals surface area contributed by atoms with Crippen LogP contribution in [0.1, 0.15) is 24.3 Å². The van der Waals surface area contributed by atoms with Gasteiger partial charge in [0.2, 0.25) is 0 Å². The molecule has 0 spiro atoms. The Kier molecular flexibility index (Phi) is 3.67. The van der Waals surface area contributed by atoms with Gasteiger partial charge in [0.1, 0.15) is 10.8 Å². The van der Waals surface area contributed by atoms with Gasteiger partial charge in [-0.2, -0.15) is 4.37 Å². The van der Waals surface area contributed by atoms with Crippen LogP contribution in [0, 0.1) is 0 Å². The number of nitrogens with zero attached hydrogens (tertiary/aromatic N) is 2. The summed E-state index contributed by atoms with van der Waals surface area (Å²) in [6.07, 6.45) is 2.53. The number of anilines is 2. The maximum absolute atomic E-state index is 5.93. The van der Waals surface area contributed by atoms with Crippen molar-refractivity contribution in [3.8, 4) is 0 Å². The van der Waals surface area contributed by atoms with Gasteiger partial charge in [-0.1, -0.05) is 0 Å². The molecule has 6 heteroatoms. The van der Waals surface area contributed by atoms with Gasteiger partial charge in [-0.25, -0.2) is 0 Å². The van der Waals surface area contributed by atoms with Crippen LogP contribution in [0.2, 0.25) is 0 Å². The summed E-state index contributed by atoms with van der Waals surface area (Å²) in [4.78, 5) is 2.43. The predicted molar refractivity (Wildman–Crippen MR) is 74.3 cm³/mol. The predicted octanol–water partition coefficient (Wildman–Crippen LogP) is 1.35. The van der Waals surface area contributed by atoms with Gasteiger partial charge < -0.3 is 15.8 Å². The van der Waals surface area contributed by atoms with Crippen LogP contribution in [0.25, 0.3) is 0 Å². The monoisotopic (exact) mass is 268 g/mol. The van der Waals surface area contributed by atoms with Gasteiger partial charge in [0, 0.05) is 31.7 Å². The Bertz CT molecular complexity index is 399. The van der Waals surface area contributed by atoms with E-state index in [1.807, 2.05) is 0 Å².